The number of aromatic nitrogens is 2. The van der Waals surface area contributed by atoms with Gasteiger partial charge in [-0.05, 0) is 26.0 Å². The molecule has 1 heterocycles. The number of rotatable bonds is 4. The number of carbonyl (C=O) groups excluding carboxylic acids is 1. The van der Waals surface area contributed by atoms with Crippen molar-refractivity contribution in [1.82, 2.24) is 15.5 Å². The van der Waals surface area contributed by atoms with Crippen molar-refractivity contribution >= 4 is 17.5 Å². The Balaban J connectivity index is 2.02. The molecule has 20 heavy (non-hydrogen) atoms. The van der Waals surface area contributed by atoms with Crippen LogP contribution in [0.5, 0.6) is 0 Å². The molecule has 1 amide bonds. The summed E-state index contributed by atoms with van der Waals surface area (Å²) < 4.78 is 18.5. The van der Waals surface area contributed by atoms with E-state index in [2.05, 4.69) is 15.5 Å². The number of aryl methyl sites for hydroxylation is 1. The van der Waals surface area contributed by atoms with Crippen molar-refractivity contribution in [3.8, 4) is 0 Å². The Hall–Kier alpha value is -1.95. The fourth-order valence-electron chi connectivity index (χ4n) is 1.71. The maximum atomic E-state index is 13.6. The second-order valence-corrected chi connectivity index (χ2v) is 4.75. The van der Waals surface area contributed by atoms with Gasteiger partial charge in [-0.3, -0.25) is 4.79 Å². The van der Waals surface area contributed by atoms with Crippen molar-refractivity contribution in [2.75, 3.05) is 0 Å². The smallest absolute Gasteiger partial charge is 0.248 e. The van der Waals surface area contributed by atoms with Gasteiger partial charge in [0, 0.05) is 10.6 Å². The van der Waals surface area contributed by atoms with Gasteiger partial charge in [0.05, 0.1) is 6.42 Å². The first kappa shape index (κ1) is 14.5. The summed E-state index contributed by atoms with van der Waals surface area (Å²) in [6.45, 7) is 3.38. The highest BCUT2D eigenvalue weighted by Gasteiger charge is 2.17. The Morgan fingerprint density at radius 3 is 2.90 bits per heavy atom. The van der Waals surface area contributed by atoms with Crippen LogP contribution < -0.4 is 5.32 Å². The van der Waals surface area contributed by atoms with Crippen molar-refractivity contribution in [2.45, 2.75) is 26.3 Å². The molecule has 0 fully saturated rings. The van der Waals surface area contributed by atoms with Gasteiger partial charge in [-0.2, -0.15) is 4.98 Å². The molecule has 2 rings (SSSR count). The Kier molecular flexibility index (Phi) is 4.34. The van der Waals surface area contributed by atoms with Crippen LogP contribution in [0.4, 0.5) is 4.39 Å². The quantitative estimate of drug-likeness (QED) is 0.942. The molecule has 0 saturated heterocycles. The first-order valence-electron chi connectivity index (χ1n) is 6.00. The van der Waals surface area contributed by atoms with Gasteiger partial charge >= 0.3 is 0 Å². The Labute approximate surface area is 120 Å². The van der Waals surface area contributed by atoms with Crippen LogP contribution in [0.25, 0.3) is 0 Å². The highest BCUT2D eigenvalue weighted by molar-refractivity contribution is 6.31. The SMILES string of the molecule is Cc1noc([C@H](C)NC(=O)Cc2c(F)cccc2Cl)n1. The van der Waals surface area contributed by atoms with E-state index in [9.17, 15) is 9.18 Å². The molecule has 0 aliphatic carbocycles. The molecular weight excluding hydrogens is 285 g/mol. The molecule has 2 aromatic rings. The van der Waals surface area contributed by atoms with E-state index in [1.54, 1.807) is 13.8 Å². The average Bonchev–Trinajstić information content (AvgIpc) is 2.81. The van der Waals surface area contributed by atoms with Crippen LogP contribution in [-0.2, 0) is 11.2 Å². The summed E-state index contributed by atoms with van der Waals surface area (Å²) >= 11 is 5.87. The van der Waals surface area contributed by atoms with Gasteiger partial charge < -0.3 is 9.84 Å². The lowest BCUT2D eigenvalue weighted by Gasteiger charge is -2.10. The third-order valence-corrected chi connectivity index (χ3v) is 3.04. The normalized spacial score (nSPS) is 12.2. The second-order valence-electron chi connectivity index (χ2n) is 4.35. The summed E-state index contributed by atoms with van der Waals surface area (Å²) in [5.74, 6) is -0.0944. The molecule has 5 nitrogen and oxygen atoms in total. The van der Waals surface area contributed by atoms with E-state index in [0.717, 1.165) is 0 Å². The molecule has 0 aliphatic rings. The number of hydrogen-bond acceptors (Lipinski definition) is 4. The monoisotopic (exact) mass is 297 g/mol. The van der Waals surface area contributed by atoms with Crippen LogP contribution in [0.3, 0.4) is 0 Å². The Morgan fingerprint density at radius 1 is 1.55 bits per heavy atom. The number of halogens is 2. The average molecular weight is 298 g/mol. The predicted octanol–water partition coefficient (Wildman–Crippen LogP) is 2.59. The first-order chi connectivity index (χ1) is 9.47. The van der Waals surface area contributed by atoms with Crippen LogP contribution in [0.15, 0.2) is 22.7 Å². The summed E-state index contributed by atoms with van der Waals surface area (Å²) in [6.07, 6.45) is -0.150. The number of benzene rings is 1. The molecule has 1 aromatic heterocycles. The highest BCUT2D eigenvalue weighted by Crippen LogP contribution is 2.19. The Morgan fingerprint density at radius 2 is 2.30 bits per heavy atom. The number of carbonyl (C=O) groups is 1. The van der Waals surface area contributed by atoms with Crippen molar-refractivity contribution in [3.63, 3.8) is 0 Å². The zero-order valence-corrected chi connectivity index (χ0v) is 11.7. The van der Waals surface area contributed by atoms with E-state index in [-0.39, 0.29) is 22.9 Å². The maximum absolute atomic E-state index is 13.6. The molecule has 0 spiro atoms. The summed E-state index contributed by atoms with van der Waals surface area (Å²) in [4.78, 5) is 15.9. The van der Waals surface area contributed by atoms with E-state index >= 15 is 0 Å². The van der Waals surface area contributed by atoms with Gasteiger partial charge in [0.1, 0.15) is 11.9 Å². The molecular formula is C13H13ClFN3O2. The predicted molar refractivity (Wildman–Crippen MR) is 70.7 cm³/mol. The summed E-state index contributed by atoms with van der Waals surface area (Å²) in [6, 6.07) is 3.84. The van der Waals surface area contributed by atoms with Crippen molar-refractivity contribution in [1.29, 1.82) is 0 Å². The molecule has 7 heteroatoms. The van der Waals surface area contributed by atoms with Crippen LogP contribution in [-0.4, -0.2) is 16.0 Å². The van der Waals surface area contributed by atoms with E-state index in [4.69, 9.17) is 16.1 Å². The van der Waals surface area contributed by atoms with E-state index in [0.29, 0.717) is 11.7 Å². The third kappa shape index (κ3) is 3.33. The molecule has 0 bridgehead atoms. The van der Waals surface area contributed by atoms with Crippen LogP contribution in [0.2, 0.25) is 5.02 Å². The van der Waals surface area contributed by atoms with E-state index in [1.165, 1.54) is 18.2 Å². The van der Waals surface area contributed by atoms with Gasteiger partial charge in [-0.1, -0.05) is 22.8 Å². The zero-order chi connectivity index (χ0) is 14.7. The van der Waals surface area contributed by atoms with Crippen LogP contribution in [0, 0.1) is 12.7 Å². The minimum Gasteiger partial charge on any atom is -0.344 e. The lowest BCUT2D eigenvalue weighted by Crippen LogP contribution is -2.28. The second kappa shape index (κ2) is 6.00. The van der Waals surface area contributed by atoms with E-state index < -0.39 is 11.9 Å². The fourth-order valence-corrected chi connectivity index (χ4v) is 1.93. The van der Waals surface area contributed by atoms with Crippen molar-refractivity contribution < 1.29 is 13.7 Å². The van der Waals surface area contributed by atoms with Crippen LogP contribution in [0.1, 0.15) is 30.2 Å². The highest BCUT2D eigenvalue weighted by atomic mass is 35.5. The topological polar surface area (TPSA) is 68.0 Å². The lowest BCUT2D eigenvalue weighted by molar-refractivity contribution is -0.121. The van der Waals surface area contributed by atoms with Gasteiger partial charge in [-0.15, -0.1) is 0 Å². The molecule has 0 saturated carbocycles. The summed E-state index contributed by atoms with van der Waals surface area (Å²) in [5, 5.41) is 6.51. The van der Waals surface area contributed by atoms with Gasteiger partial charge in [0.25, 0.3) is 0 Å². The van der Waals surface area contributed by atoms with E-state index in [1.807, 2.05) is 0 Å². The number of hydrogen-bond donors (Lipinski definition) is 1. The number of nitrogens with one attached hydrogen (secondary N) is 1. The zero-order valence-electron chi connectivity index (χ0n) is 11.0. The molecule has 1 N–H and O–H groups in total. The van der Waals surface area contributed by atoms with Crippen LogP contribution >= 0.6 is 11.6 Å². The molecule has 0 aliphatic heterocycles. The molecule has 1 aromatic carbocycles. The lowest BCUT2D eigenvalue weighted by atomic mass is 10.1. The minimum atomic E-state index is -0.506. The standard InChI is InChI=1S/C13H13ClFN3O2/c1-7(13-17-8(2)18-20-13)16-12(19)6-9-10(14)4-3-5-11(9)15/h3-5,7H,6H2,1-2H3,(H,16,19)/t7-/m0/s1. The first-order valence-corrected chi connectivity index (χ1v) is 6.37. The maximum Gasteiger partial charge on any atom is 0.248 e. The molecule has 0 unspecified atom stereocenters. The summed E-state index contributed by atoms with van der Waals surface area (Å²) in [5.41, 5.74) is 0.167. The fraction of sp³-hybridized carbons (Fsp3) is 0.308. The minimum absolute atomic E-state index is 0.150. The number of amides is 1. The largest absolute Gasteiger partial charge is 0.344 e. The Bertz CT molecular complexity index is 610. The molecule has 1 atom stereocenters. The summed E-state index contributed by atoms with van der Waals surface area (Å²) in [7, 11) is 0. The van der Waals surface area contributed by atoms with Crippen molar-refractivity contribution in [2.24, 2.45) is 0 Å². The van der Waals surface area contributed by atoms with Gasteiger partial charge in [-0.25, -0.2) is 4.39 Å². The number of nitrogens with zero attached hydrogens (tertiary/aromatic N) is 2. The van der Waals surface area contributed by atoms with Gasteiger partial charge in [0.2, 0.25) is 11.8 Å². The van der Waals surface area contributed by atoms with Crippen molar-refractivity contribution in [3.05, 3.63) is 46.3 Å². The third-order valence-electron chi connectivity index (χ3n) is 2.69. The molecule has 0 radical (unpaired) electrons. The van der Waals surface area contributed by atoms with Gasteiger partial charge in [0.15, 0.2) is 5.82 Å². The molecule has 106 valence electrons.